The van der Waals surface area contributed by atoms with E-state index in [1.807, 2.05) is 36.4 Å². The molecule has 0 aliphatic carbocycles. The van der Waals surface area contributed by atoms with Crippen molar-refractivity contribution < 1.29 is 4.79 Å². The lowest BCUT2D eigenvalue weighted by molar-refractivity contribution is 0.102. The number of benzene rings is 2. The molecule has 1 aliphatic heterocycles. The first-order valence-electron chi connectivity index (χ1n) is 9.47. The Labute approximate surface area is 159 Å². The van der Waals surface area contributed by atoms with Crippen molar-refractivity contribution in [3.63, 3.8) is 0 Å². The third-order valence-electron chi connectivity index (χ3n) is 5.04. The maximum Gasteiger partial charge on any atom is 0.257 e. The van der Waals surface area contributed by atoms with Crippen LogP contribution in [0.4, 0.5) is 17.2 Å². The van der Waals surface area contributed by atoms with Crippen LogP contribution in [0.1, 0.15) is 34.8 Å². The number of fused-ring (bicyclic) bond motifs is 1. The minimum atomic E-state index is -0.131. The van der Waals surface area contributed by atoms with Crippen LogP contribution >= 0.6 is 0 Å². The third-order valence-corrected chi connectivity index (χ3v) is 5.04. The van der Waals surface area contributed by atoms with Crippen molar-refractivity contribution in [3.8, 4) is 0 Å². The monoisotopic (exact) mass is 357 g/mol. The van der Waals surface area contributed by atoms with Crippen molar-refractivity contribution in [2.45, 2.75) is 26.2 Å². The highest BCUT2D eigenvalue weighted by molar-refractivity contribution is 6.04. The van der Waals surface area contributed by atoms with Gasteiger partial charge in [0.2, 0.25) is 0 Å². The summed E-state index contributed by atoms with van der Waals surface area (Å²) in [6.07, 6.45) is 4.75. The van der Waals surface area contributed by atoms with Gasteiger partial charge in [-0.3, -0.25) is 4.79 Å². The smallest absolute Gasteiger partial charge is 0.257 e. The minimum absolute atomic E-state index is 0.131. The van der Waals surface area contributed by atoms with Crippen molar-refractivity contribution in [2.75, 3.05) is 16.8 Å². The van der Waals surface area contributed by atoms with Gasteiger partial charge in [0.1, 0.15) is 5.82 Å². The van der Waals surface area contributed by atoms with Crippen LogP contribution in [0.15, 0.2) is 66.9 Å². The van der Waals surface area contributed by atoms with Crippen LogP contribution in [0.25, 0.3) is 0 Å². The Kier molecular flexibility index (Phi) is 4.88. The van der Waals surface area contributed by atoms with E-state index in [0.717, 1.165) is 42.9 Å². The van der Waals surface area contributed by atoms with Gasteiger partial charge in [-0.1, -0.05) is 43.3 Å². The molecule has 3 aromatic rings. The van der Waals surface area contributed by atoms with Crippen molar-refractivity contribution in [1.29, 1.82) is 0 Å². The number of amides is 1. The lowest BCUT2D eigenvalue weighted by Gasteiger charge is -2.30. The van der Waals surface area contributed by atoms with Gasteiger partial charge in [0.15, 0.2) is 0 Å². The predicted octanol–water partition coefficient (Wildman–Crippen LogP) is 4.98. The second-order valence-corrected chi connectivity index (χ2v) is 6.75. The van der Waals surface area contributed by atoms with E-state index in [4.69, 9.17) is 0 Å². The van der Waals surface area contributed by atoms with Crippen LogP contribution in [-0.4, -0.2) is 17.4 Å². The van der Waals surface area contributed by atoms with Gasteiger partial charge in [-0.2, -0.15) is 0 Å². The molecule has 2 aromatic carbocycles. The molecule has 1 N–H and O–H groups in total. The highest BCUT2D eigenvalue weighted by Crippen LogP contribution is 2.32. The Morgan fingerprint density at radius 2 is 1.89 bits per heavy atom. The maximum atomic E-state index is 12.6. The van der Waals surface area contributed by atoms with Gasteiger partial charge in [0.25, 0.3) is 5.91 Å². The van der Waals surface area contributed by atoms with Crippen LogP contribution in [0.5, 0.6) is 0 Å². The van der Waals surface area contributed by atoms with Crippen LogP contribution in [0.2, 0.25) is 0 Å². The topological polar surface area (TPSA) is 45.2 Å². The summed E-state index contributed by atoms with van der Waals surface area (Å²) < 4.78 is 0. The first kappa shape index (κ1) is 17.3. The van der Waals surface area contributed by atoms with Crippen LogP contribution in [-0.2, 0) is 12.8 Å². The van der Waals surface area contributed by atoms with Crippen LogP contribution < -0.4 is 10.2 Å². The summed E-state index contributed by atoms with van der Waals surface area (Å²) in [6, 6.07) is 20.1. The third kappa shape index (κ3) is 3.56. The highest BCUT2D eigenvalue weighted by Gasteiger charge is 2.19. The zero-order valence-corrected chi connectivity index (χ0v) is 15.5. The fourth-order valence-corrected chi connectivity index (χ4v) is 3.60. The van der Waals surface area contributed by atoms with E-state index in [9.17, 15) is 4.79 Å². The van der Waals surface area contributed by atoms with Crippen molar-refractivity contribution in [2.24, 2.45) is 0 Å². The number of aryl methyl sites for hydroxylation is 2. The molecule has 0 unspecified atom stereocenters. The molecule has 0 radical (unpaired) electrons. The van der Waals surface area contributed by atoms with Gasteiger partial charge in [-0.15, -0.1) is 0 Å². The molecule has 1 amide bonds. The van der Waals surface area contributed by atoms with Crippen LogP contribution in [0, 0.1) is 0 Å². The summed E-state index contributed by atoms with van der Waals surface area (Å²) in [4.78, 5) is 19.4. The quantitative estimate of drug-likeness (QED) is 0.716. The van der Waals surface area contributed by atoms with Crippen LogP contribution in [0.3, 0.4) is 0 Å². The van der Waals surface area contributed by atoms with Gasteiger partial charge in [-0.25, -0.2) is 4.98 Å². The zero-order valence-electron chi connectivity index (χ0n) is 15.5. The van der Waals surface area contributed by atoms with E-state index >= 15 is 0 Å². The summed E-state index contributed by atoms with van der Waals surface area (Å²) in [7, 11) is 0. The summed E-state index contributed by atoms with van der Waals surface area (Å²) >= 11 is 0. The molecule has 4 nitrogen and oxygen atoms in total. The van der Waals surface area contributed by atoms with E-state index < -0.39 is 0 Å². The van der Waals surface area contributed by atoms with E-state index in [1.54, 1.807) is 6.20 Å². The molecule has 0 atom stereocenters. The van der Waals surface area contributed by atoms with Gasteiger partial charge in [0, 0.05) is 24.1 Å². The molecule has 4 heteroatoms. The van der Waals surface area contributed by atoms with Crippen molar-refractivity contribution in [3.05, 3.63) is 83.6 Å². The number of hydrogen-bond acceptors (Lipinski definition) is 3. The maximum absolute atomic E-state index is 12.6. The normalized spacial score (nSPS) is 13.1. The number of para-hydroxylation sites is 2. The summed E-state index contributed by atoms with van der Waals surface area (Å²) in [5, 5.41) is 3.00. The molecule has 1 aliphatic rings. The number of rotatable bonds is 4. The standard InChI is InChI=1S/C23H23N3O/c1-2-17-8-3-5-11-20(17)25-23(27)19-13-14-22(24-16-19)26-15-7-10-18-9-4-6-12-21(18)26/h3-6,8-9,11-14,16H,2,7,10,15H2,1H3,(H,25,27). The SMILES string of the molecule is CCc1ccccc1NC(=O)c1ccc(N2CCCc3ccccc32)nc1. The Morgan fingerprint density at radius 3 is 2.70 bits per heavy atom. The molecule has 0 spiro atoms. The number of nitrogens with zero attached hydrogens (tertiary/aromatic N) is 2. The average Bonchev–Trinajstić information content (AvgIpc) is 2.74. The van der Waals surface area contributed by atoms with Crippen molar-refractivity contribution in [1.82, 2.24) is 4.98 Å². The Hall–Kier alpha value is -3.14. The van der Waals surface area contributed by atoms with Crippen molar-refractivity contribution >= 4 is 23.1 Å². The van der Waals surface area contributed by atoms with E-state index in [2.05, 4.69) is 46.4 Å². The van der Waals surface area contributed by atoms with Gasteiger partial charge >= 0.3 is 0 Å². The molecule has 2 heterocycles. The molecule has 1 aromatic heterocycles. The van der Waals surface area contributed by atoms with E-state index in [0.29, 0.717) is 5.56 Å². The largest absolute Gasteiger partial charge is 0.326 e. The number of carbonyl (C=O) groups excluding carboxylic acids is 1. The van der Waals surface area contributed by atoms with Gasteiger partial charge in [-0.05, 0) is 54.7 Å². The number of pyridine rings is 1. The van der Waals surface area contributed by atoms with Gasteiger partial charge in [0.05, 0.1) is 5.56 Å². The fourth-order valence-electron chi connectivity index (χ4n) is 3.60. The second kappa shape index (κ2) is 7.62. The fraction of sp³-hybridized carbons (Fsp3) is 0.217. The predicted molar refractivity (Wildman–Crippen MR) is 110 cm³/mol. The molecule has 27 heavy (non-hydrogen) atoms. The lowest BCUT2D eigenvalue weighted by atomic mass is 10.0. The molecule has 0 fully saturated rings. The average molecular weight is 357 g/mol. The first-order chi connectivity index (χ1) is 13.3. The number of anilines is 3. The molecule has 4 rings (SSSR count). The van der Waals surface area contributed by atoms with E-state index in [-0.39, 0.29) is 5.91 Å². The Bertz CT molecular complexity index is 950. The Balaban J connectivity index is 1.54. The summed E-state index contributed by atoms with van der Waals surface area (Å²) in [5.74, 6) is 0.752. The zero-order chi connectivity index (χ0) is 18.6. The van der Waals surface area contributed by atoms with E-state index in [1.165, 1.54) is 11.3 Å². The summed E-state index contributed by atoms with van der Waals surface area (Å²) in [5.41, 5.74) is 5.11. The molecular weight excluding hydrogens is 334 g/mol. The molecular formula is C23H23N3O. The number of hydrogen-bond donors (Lipinski definition) is 1. The highest BCUT2D eigenvalue weighted by atomic mass is 16.1. The minimum Gasteiger partial charge on any atom is -0.326 e. The lowest BCUT2D eigenvalue weighted by Crippen LogP contribution is -2.25. The molecule has 0 saturated carbocycles. The molecule has 136 valence electrons. The number of nitrogens with one attached hydrogen (secondary N) is 1. The second-order valence-electron chi connectivity index (χ2n) is 6.75. The number of carbonyl (C=O) groups is 1. The Morgan fingerprint density at radius 1 is 1.07 bits per heavy atom. The molecule has 0 bridgehead atoms. The first-order valence-corrected chi connectivity index (χ1v) is 9.47. The van der Waals surface area contributed by atoms with Gasteiger partial charge < -0.3 is 10.2 Å². The summed E-state index contributed by atoms with van der Waals surface area (Å²) in [6.45, 7) is 3.03. The molecule has 0 saturated heterocycles. The number of aromatic nitrogens is 1.